The van der Waals surface area contributed by atoms with E-state index in [0.29, 0.717) is 30.2 Å². The molecule has 0 amide bonds. The lowest BCUT2D eigenvalue weighted by atomic mass is 9.70. The van der Waals surface area contributed by atoms with Gasteiger partial charge in [-0.25, -0.2) is 9.78 Å². The number of aryl methyl sites for hydroxylation is 1. The summed E-state index contributed by atoms with van der Waals surface area (Å²) < 4.78 is 3.10. The molecular formula is C21H30N4O2. The number of rotatable bonds is 5. The minimum absolute atomic E-state index is 0.107. The molecule has 0 unspecified atom stereocenters. The summed E-state index contributed by atoms with van der Waals surface area (Å²) in [7, 11) is 0. The summed E-state index contributed by atoms with van der Waals surface area (Å²) in [5, 5.41) is 0. The quantitative estimate of drug-likeness (QED) is 0.879. The van der Waals surface area contributed by atoms with E-state index in [9.17, 15) is 9.59 Å². The van der Waals surface area contributed by atoms with Gasteiger partial charge in [-0.2, -0.15) is 0 Å². The average Bonchev–Trinajstić information content (AvgIpc) is 3.29. The Kier molecular flexibility index (Phi) is 3.72. The second kappa shape index (κ2) is 5.82. The van der Waals surface area contributed by atoms with Crippen LogP contribution >= 0.6 is 0 Å². The maximum absolute atomic E-state index is 13.0. The zero-order valence-corrected chi connectivity index (χ0v) is 16.6. The standard InChI is InChI=1S/C21H30N4O2/c1-4-6-24-17-16(18(26)25(7-5-2)20(24)27)22-19(23-17)21-10-13-8-15(21)9-14(11-21)12(13)3/h12-15H,4-11H2,1-3H3,(H,22,23)/t12-,13-,14-,15-,21-/m1/s1. The van der Waals surface area contributed by atoms with Crippen LogP contribution in [-0.4, -0.2) is 19.1 Å². The lowest BCUT2D eigenvalue weighted by molar-refractivity contribution is 0.166. The van der Waals surface area contributed by atoms with Gasteiger partial charge in [-0.1, -0.05) is 20.8 Å². The highest BCUT2D eigenvalue weighted by molar-refractivity contribution is 5.70. The first-order valence-electron chi connectivity index (χ1n) is 10.7. The van der Waals surface area contributed by atoms with Crippen molar-refractivity contribution in [3.63, 3.8) is 0 Å². The van der Waals surface area contributed by atoms with Gasteiger partial charge in [-0.15, -0.1) is 0 Å². The fourth-order valence-electron chi connectivity index (χ4n) is 6.62. The van der Waals surface area contributed by atoms with E-state index in [1.165, 1.54) is 30.3 Å². The van der Waals surface area contributed by atoms with Crippen LogP contribution in [0.2, 0.25) is 0 Å². The SMILES string of the molecule is CCCn1c(=O)c2[nH]c([C@]34C[C@H]5C[C@H]3C[C@H](C4)[C@H]5C)nc2n(CCC)c1=O. The molecule has 0 aromatic carbocycles. The molecule has 0 aliphatic heterocycles. The second-order valence-corrected chi connectivity index (χ2v) is 9.29. The van der Waals surface area contributed by atoms with Crippen molar-refractivity contribution in [3.05, 3.63) is 26.7 Å². The van der Waals surface area contributed by atoms with E-state index in [1.54, 1.807) is 4.57 Å². The number of H-pyrrole nitrogens is 1. The summed E-state index contributed by atoms with van der Waals surface area (Å²) in [6.45, 7) is 7.52. The maximum Gasteiger partial charge on any atom is 0.332 e. The lowest BCUT2D eigenvalue weighted by Crippen LogP contribution is -2.40. The van der Waals surface area contributed by atoms with E-state index >= 15 is 0 Å². The normalized spacial score (nSPS) is 34.2. The van der Waals surface area contributed by atoms with E-state index < -0.39 is 0 Å². The Morgan fingerprint density at radius 1 is 1.07 bits per heavy atom. The molecule has 4 aliphatic carbocycles. The zero-order valence-electron chi connectivity index (χ0n) is 16.6. The number of hydrogen-bond donors (Lipinski definition) is 1. The van der Waals surface area contributed by atoms with Gasteiger partial charge in [0.05, 0.1) is 0 Å². The molecule has 0 spiro atoms. The van der Waals surface area contributed by atoms with Crippen molar-refractivity contribution in [2.45, 2.75) is 77.8 Å². The third kappa shape index (κ3) is 2.15. The van der Waals surface area contributed by atoms with Crippen molar-refractivity contribution in [1.29, 1.82) is 0 Å². The van der Waals surface area contributed by atoms with Crippen molar-refractivity contribution in [1.82, 2.24) is 19.1 Å². The summed E-state index contributed by atoms with van der Waals surface area (Å²) in [5.41, 5.74) is 0.793. The first-order chi connectivity index (χ1) is 13.0. The molecule has 4 bridgehead atoms. The van der Waals surface area contributed by atoms with Crippen molar-refractivity contribution in [2.75, 3.05) is 0 Å². The predicted molar refractivity (Wildman–Crippen MR) is 105 cm³/mol. The Labute approximate surface area is 159 Å². The van der Waals surface area contributed by atoms with Gasteiger partial charge < -0.3 is 4.98 Å². The van der Waals surface area contributed by atoms with Gasteiger partial charge in [0.2, 0.25) is 0 Å². The molecule has 27 heavy (non-hydrogen) atoms. The molecule has 4 saturated carbocycles. The third-order valence-electron chi connectivity index (χ3n) is 7.92. The van der Waals surface area contributed by atoms with Gasteiger partial charge in [0.25, 0.3) is 5.56 Å². The summed E-state index contributed by atoms with van der Waals surface area (Å²) in [6, 6.07) is 0. The zero-order chi connectivity index (χ0) is 18.9. The first kappa shape index (κ1) is 17.3. The van der Waals surface area contributed by atoms with Crippen LogP contribution in [0.25, 0.3) is 11.2 Å². The fourth-order valence-corrected chi connectivity index (χ4v) is 6.62. The molecule has 4 fully saturated rings. The smallest absolute Gasteiger partial charge is 0.332 e. The van der Waals surface area contributed by atoms with Crippen molar-refractivity contribution >= 4 is 11.2 Å². The predicted octanol–water partition coefficient (Wildman–Crippen LogP) is 3.03. The highest BCUT2D eigenvalue weighted by atomic mass is 16.2. The summed E-state index contributed by atoms with van der Waals surface area (Å²) >= 11 is 0. The molecule has 2 aromatic heterocycles. The molecule has 2 atom stereocenters. The van der Waals surface area contributed by atoms with E-state index in [0.717, 1.165) is 36.4 Å². The van der Waals surface area contributed by atoms with Gasteiger partial charge in [-0.3, -0.25) is 13.9 Å². The van der Waals surface area contributed by atoms with Crippen LogP contribution in [0, 0.1) is 23.7 Å². The Morgan fingerprint density at radius 3 is 2.33 bits per heavy atom. The molecule has 0 radical (unpaired) electrons. The van der Waals surface area contributed by atoms with E-state index in [-0.39, 0.29) is 16.7 Å². The van der Waals surface area contributed by atoms with Gasteiger partial charge in [0.15, 0.2) is 5.65 Å². The van der Waals surface area contributed by atoms with Gasteiger partial charge in [0, 0.05) is 18.5 Å². The maximum atomic E-state index is 13.0. The summed E-state index contributed by atoms with van der Waals surface area (Å²) in [5.74, 6) is 4.08. The Morgan fingerprint density at radius 2 is 1.70 bits per heavy atom. The van der Waals surface area contributed by atoms with Gasteiger partial charge >= 0.3 is 5.69 Å². The van der Waals surface area contributed by atoms with Crippen LogP contribution < -0.4 is 11.2 Å². The highest BCUT2D eigenvalue weighted by Crippen LogP contribution is 2.67. The number of fused-ring (bicyclic) bond motifs is 1. The number of aromatic nitrogens is 4. The molecule has 4 aliphatic rings. The highest BCUT2D eigenvalue weighted by Gasteiger charge is 2.62. The van der Waals surface area contributed by atoms with Crippen LogP contribution in [0.4, 0.5) is 0 Å². The molecule has 2 heterocycles. The van der Waals surface area contributed by atoms with Crippen LogP contribution in [0.1, 0.15) is 65.1 Å². The van der Waals surface area contributed by atoms with Crippen LogP contribution in [0.5, 0.6) is 0 Å². The minimum Gasteiger partial charge on any atom is -0.336 e. The Balaban J connectivity index is 1.71. The molecule has 0 saturated heterocycles. The van der Waals surface area contributed by atoms with Gasteiger partial charge in [0.1, 0.15) is 11.3 Å². The molecular weight excluding hydrogens is 340 g/mol. The Bertz CT molecular complexity index is 998. The minimum atomic E-state index is -0.211. The number of hydrogen-bond acceptors (Lipinski definition) is 3. The summed E-state index contributed by atoms with van der Waals surface area (Å²) in [6.07, 6.45) is 6.59. The monoisotopic (exact) mass is 370 g/mol. The lowest BCUT2D eigenvalue weighted by Gasteiger charge is -2.35. The average molecular weight is 370 g/mol. The van der Waals surface area contributed by atoms with E-state index in [1.807, 2.05) is 6.92 Å². The van der Waals surface area contributed by atoms with Crippen LogP contribution in [-0.2, 0) is 18.5 Å². The number of imidazole rings is 1. The number of nitrogens with one attached hydrogen (secondary N) is 1. The van der Waals surface area contributed by atoms with E-state index in [2.05, 4.69) is 18.8 Å². The molecule has 6 rings (SSSR count). The molecule has 1 N–H and O–H groups in total. The first-order valence-corrected chi connectivity index (χ1v) is 10.7. The number of aromatic amines is 1. The number of nitrogens with zero attached hydrogens (tertiary/aromatic N) is 3. The Hall–Kier alpha value is -1.85. The van der Waals surface area contributed by atoms with Gasteiger partial charge in [-0.05, 0) is 62.2 Å². The summed E-state index contributed by atoms with van der Waals surface area (Å²) in [4.78, 5) is 34.3. The second-order valence-electron chi connectivity index (χ2n) is 9.29. The largest absolute Gasteiger partial charge is 0.336 e. The van der Waals surface area contributed by atoms with Crippen molar-refractivity contribution in [2.24, 2.45) is 23.7 Å². The molecule has 2 aromatic rings. The van der Waals surface area contributed by atoms with Crippen LogP contribution in [0.3, 0.4) is 0 Å². The molecule has 6 heteroatoms. The molecule has 146 valence electrons. The topological polar surface area (TPSA) is 72.7 Å². The fraction of sp³-hybridized carbons (Fsp3) is 0.762. The van der Waals surface area contributed by atoms with Crippen molar-refractivity contribution < 1.29 is 0 Å². The van der Waals surface area contributed by atoms with E-state index in [4.69, 9.17) is 4.98 Å². The van der Waals surface area contributed by atoms with Crippen LogP contribution in [0.15, 0.2) is 9.59 Å². The third-order valence-corrected chi connectivity index (χ3v) is 7.92. The van der Waals surface area contributed by atoms with Crippen molar-refractivity contribution in [3.8, 4) is 0 Å². The molecule has 6 nitrogen and oxygen atoms in total.